The van der Waals surface area contributed by atoms with E-state index < -0.39 is 21.7 Å². The van der Waals surface area contributed by atoms with Crippen LogP contribution in [0.4, 0.5) is 10.1 Å². The predicted molar refractivity (Wildman–Crippen MR) is 172 cm³/mol. The highest BCUT2D eigenvalue weighted by Crippen LogP contribution is 2.43. The van der Waals surface area contributed by atoms with Gasteiger partial charge in [-0.25, -0.2) is 12.8 Å². The smallest absolute Gasteiger partial charge is 0.255 e. The molecule has 11 heteroatoms. The molecule has 0 radical (unpaired) electrons. The number of hydrogen-bond acceptors (Lipinski definition) is 6. The first kappa shape index (κ1) is 29.5. The number of nitrogens with zero attached hydrogens (tertiary/aromatic N) is 2. The van der Waals surface area contributed by atoms with Crippen molar-refractivity contribution in [1.29, 1.82) is 5.26 Å². The van der Waals surface area contributed by atoms with Crippen LogP contribution in [-0.4, -0.2) is 46.8 Å². The lowest BCUT2D eigenvalue weighted by atomic mass is 9.96. The molecule has 2 aromatic heterocycles. The minimum atomic E-state index is -3.73. The van der Waals surface area contributed by atoms with Crippen LogP contribution >= 0.6 is 0 Å². The summed E-state index contributed by atoms with van der Waals surface area (Å²) in [7, 11) is 0.759. The first-order valence-corrected chi connectivity index (χ1v) is 15.6. The van der Waals surface area contributed by atoms with E-state index in [4.69, 9.17) is 9.15 Å². The van der Waals surface area contributed by atoms with Crippen molar-refractivity contribution in [2.45, 2.75) is 0 Å². The molecule has 0 saturated heterocycles. The monoisotopic (exact) mass is 622 g/mol. The standard InChI is InChI=1S/C34H27FN4O5S/c1-37-34(40)32-26-15-24(29(39(2)45(4,41)42)17-31(26)44-33(32)19-8-11-22(35)12-9-19)20-10-13-30(43-3)25(14-20)28-16-23-21(18-36)6-5-7-27(23)38-28/h5-17,38H,1-4H3,(H,37,40). The number of amides is 1. The molecule has 0 fully saturated rings. The zero-order valence-corrected chi connectivity index (χ0v) is 25.5. The van der Waals surface area contributed by atoms with Crippen molar-refractivity contribution in [2.24, 2.45) is 0 Å². The Morgan fingerprint density at radius 2 is 1.73 bits per heavy atom. The highest BCUT2D eigenvalue weighted by molar-refractivity contribution is 7.92. The molecule has 0 aliphatic carbocycles. The Morgan fingerprint density at radius 3 is 2.40 bits per heavy atom. The summed E-state index contributed by atoms with van der Waals surface area (Å²) >= 11 is 0. The van der Waals surface area contributed by atoms with Gasteiger partial charge in [-0.1, -0.05) is 12.1 Å². The van der Waals surface area contributed by atoms with Crippen molar-refractivity contribution in [2.75, 3.05) is 31.8 Å². The molecule has 0 saturated carbocycles. The summed E-state index contributed by atoms with van der Waals surface area (Å²) in [6, 6.07) is 23.8. The number of aromatic amines is 1. The third-order valence-electron chi connectivity index (χ3n) is 7.79. The summed E-state index contributed by atoms with van der Waals surface area (Å²) < 4.78 is 52.4. The van der Waals surface area contributed by atoms with E-state index in [0.29, 0.717) is 50.3 Å². The van der Waals surface area contributed by atoms with Crippen molar-refractivity contribution in [3.8, 4) is 45.5 Å². The van der Waals surface area contributed by atoms with Gasteiger partial charge in [0, 0.05) is 53.1 Å². The van der Waals surface area contributed by atoms with E-state index in [1.807, 2.05) is 18.2 Å². The molecule has 226 valence electrons. The Morgan fingerprint density at radius 1 is 1.00 bits per heavy atom. The molecule has 4 aromatic carbocycles. The first-order chi connectivity index (χ1) is 21.5. The number of anilines is 1. The van der Waals surface area contributed by atoms with E-state index in [9.17, 15) is 22.9 Å². The number of aromatic nitrogens is 1. The van der Waals surface area contributed by atoms with Crippen molar-refractivity contribution in [3.05, 3.63) is 95.8 Å². The van der Waals surface area contributed by atoms with Crippen LogP contribution < -0.4 is 14.4 Å². The van der Waals surface area contributed by atoms with E-state index in [2.05, 4.69) is 16.4 Å². The summed E-state index contributed by atoms with van der Waals surface area (Å²) in [5, 5.41) is 13.5. The van der Waals surface area contributed by atoms with E-state index >= 15 is 0 Å². The van der Waals surface area contributed by atoms with Crippen LogP contribution in [0.5, 0.6) is 5.75 Å². The zero-order chi connectivity index (χ0) is 32.0. The quantitative estimate of drug-likeness (QED) is 0.204. The summed E-state index contributed by atoms with van der Waals surface area (Å²) in [5.41, 5.74) is 5.09. The van der Waals surface area contributed by atoms with Crippen LogP contribution in [0.3, 0.4) is 0 Å². The van der Waals surface area contributed by atoms with Gasteiger partial charge >= 0.3 is 0 Å². The highest BCUT2D eigenvalue weighted by Gasteiger charge is 2.26. The molecular formula is C34H27FN4O5S. The second-order valence-corrected chi connectivity index (χ2v) is 12.5. The lowest BCUT2D eigenvalue weighted by Gasteiger charge is -2.21. The lowest BCUT2D eigenvalue weighted by molar-refractivity contribution is 0.0964. The molecule has 6 rings (SSSR count). The number of fused-ring (bicyclic) bond motifs is 2. The Hall–Kier alpha value is -5.60. The zero-order valence-electron chi connectivity index (χ0n) is 24.7. The summed E-state index contributed by atoms with van der Waals surface area (Å²) in [5.74, 6) is -0.0954. The van der Waals surface area contributed by atoms with Crippen molar-refractivity contribution >= 4 is 43.5 Å². The van der Waals surface area contributed by atoms with Gasteiger partial charge in [-0.15, -0.1) is 0 Å². The molecule has 0 bridgehead atoms. The number of hydrogen-bond donors (Lipinski definition) is 2. The maximum absolute atomic E-state index is 13.7. The second kappa shape index (κ2) is 11.2. The number of sulfonamides is 1. The summed E-state index contributed by atoms with van der Waals surface area (Å²) in [6.45, 7) is 0. The number of halogens is 1. The van der Waals surface area contributed by atoms with Crippen LogP contribution in [0.25, 0.3) is 55.6 Å². The number of ether oxygens (including phenoxy) is 1. The third kappa shape index (κ3) is 5.15. The normalized spacial score (nSPS) is 11.5. The maximum Gasteiger partial charge on any atom is 0.255 e. The Kier molecular flexibility index (Phi) is 7.30. The van der Waals surface area contributed by atoms with Crippen LogP contribution in [-0.2, 0) is 10.0 Å². The van der Waals surface area contributed by atoms with E-state index in [1.165, 1.54) is 38.4 Å². The molecule has 2 N–H and O–H groups in total. The molecule has 9 nitrogen and oxygen atoms in total. The number of H-pyrrole nitrogens is 1. The van der Waals surface area contributed by atoms with Crippen molar-refractivity contribution in [3.63, 3.8) is 0 Å². The number of furan rings is 1. The fraction of sp³-hybridized carbons (Fsp3) is 0.118. The molecule has 45 heavy (non-hydrogen) atoms. The first-order valence-electron chi connectivity index (χ1n) is 13.8. The number of carbonyl (C=O) groups is 1. The van der Waals surface area contributed by atoms with E-state index in [0.717, 1.165) is 21.5 Å². The summed E-state index contributed by atoms with van der Waals surface area (Å²) in [4.78, 5) is 16.6. The Bertz CT molecular complexity index is 2280. The predicted octanol–water partition coefficient (Wildman–Crippen LogP) is 6.69. The average molecular weight is 623 g/mol. The number of rotatable bonds is 7. The molecule has 6 aromatic rings. The van der Waals surface area contributed by atoms with E-state index in [1.54, 1.807) is 43.5 Å². The third-order valence-corrected chi connectivity index (χ3v) is 8.98. The Labute approximate surface area is 258 Å². The fourth-order valence-electron chi connectivity index (χ4n) is 5.44. The van der Waals surface area contributed by atoms with Crippen LogP contribution in [0, 0.1) is 17.1 Å². The van der Waals surface area contributed by atoms with Gasteiger partial charge in [0.05, 0.1) is 41.9 Å². The molecule has 0 aliphatic rings. The molecule has 1 amide bonds. The van der Waals surface area contributed by atoms with Crippen molar-refractivity contribution in [1.82, 2.24) is 10.3 Å². The molecule has 0 atom stereocenters. The van der Waals surface area contributed by atoms with Crippen molar-refractivity contribution < 1.29 is 26.8 Å². The minimum absolute atomic E-state index is 0.219. The number of methoxy groups -OCH3 is 1. The number of benzene rings is 4. The maximum atomic E-state index is 13.7. The Balaban J connectivity index is 1.64. The largest absolute Gasteiger partial charge is 0.496 e. The van der Waals surface area contributed by atoms with Gasteiger partial charge in [0.1, 0.15) is 22.9 Å². The van der Waals surface area contributed by atoms with Gasteiger partial charge in [-0.05, 0) is 66.2 Å². The molecule has 0 aliphatic heterocycles. The van der Waals surface area contributed by atoms with Crippen LogP contribution in [0.1, 0.15) is 15.9 Å². The van der Waals surface area contributed by atoms with Gasteiger partial charge in [-0.3, -0.25) is 9.10 Å². The highest BCUT2D eigenvalue weighted by atomic mass is 32.2. The van der Waals surface area contributed by atoms with Gasteiger partial charge < -0.3 is 19.5 Å². The van der Waals surface area contributed by atoms with Gasteiger partial charge in [0.2, 0.25) is 10.0 Å². The van der Waals surface area contributed by atoms with Crippen LogP contribution in [0.15, 0.2) is 83.3 Å². The van der Waals surface area contributed by atoms with Crippen LogP contribution in [0.2, 0.25) is 0 Å². The average Bonchev–Trinajstić information content (AvgIpc) is 3.64. The second-order valence-electron chi connectivity index (χ2n) is 10.5. The lowest BCUT2D eigenvalue weighted by Crippen LogP contribution is -2.25. The summed E-state index contributed by atoms with van der Waals surface area (Å²) in [6.07, 6.45) is 1.10. The van der Waals surface area contributed by atoms with Gasteiger partial charge in [0.25, 0.3) is 5.91 Å². The molecule has 0 spiro atoms. The fourth-order valence-corrected chi connectivity index (χ4v) is 5.95. The minimum Gasteiger partial charge on any atom is -0.496 e. The topological polar surface area (TPSA) is 128 Å². The molecular weight excluding hydrogens is 595 g/mol. The number of carbonyl (C=O) groups excluding carboxylic acids is 1. The van der Waals surface area contributed by atoms with Gasteiger partial charge in [-0.2, -0.15) is 5.26 Å². The van der Waals surface area contributed by atoms with E-state index in [-0.39, 0.29) is 16.9 Å². The number of nitriles is 1. The molecule has 0 unspecified atom stereocenters. The SMILES string of the molecule is CNC(=O)c1c(-c2ccc(F)cc2)oc2cc(N(C)S(C)(=O)=O)c(-c3ccc(OC)c(-c4cc5c(C#N)cccc5[nH]4)c3)cc12. The van der Waals surface area contributed by atoms with Gasteiger partial charge in [0.15, 0.2) is 0 Å². The number of nitrogens with one attached hydrogen (secondary N) is 2. The molecule has 2 heterocycles.